The average molecular weight is 425 g/mol. The van der Waals surface area contributed by atoms with E-state index in [1.165, 1.54) is 11.8 Å². The van der Waals surface area contributed by atoms with Gasteiger partial charge in [-0.05, 0) is 36.2 Å². The molecule has 2 amide bonds. The van der Waals surface area contributed by atoms with Crippen molar-refractivity contribution in [3.63, 3.8) is 0 Å². The first-order valence-electron chi connectivity index (χ1n) is 8.49. The van der Waals surface area contributed by atoms with Gasteiger partial charge in [-0.3, -0.25) is 9.59 Å². The lowest BCUT2D eigenvalue weighted by atomic mass is 10.1. The van der Waals surface area contributed by atoms with E-state index in [4.69, 9.17) is 23.2 Å². The monoisotopic (exact) mass is 424 g/mol. The standard InChI is InChI=1S/C20H22Cl2N2O2S/c1-14(20(26)23-2)24(11-15-6-5-8-17(21)10-15)19(25)13-27-12-16-7-3-4-9-18(16)22/h3-10,14H,11-13H2,1-2H3,(H,23,26). The maximum atomic E-state index is 12.8. The normalized spacial score (nSPS) is 11.7. The lowest BCUT2D eigenvalue weighted by molar-refractivity contribution is -0.138. The third kappa shape index (κ3) is 6.45. The molecule has 0 saturated carbocycles. The van der Waals surface area contributed by atoms with Gasteiger partial charge in [0.25, 0.3) is 0 Å². The molecule has 0 aliphatic carbocycles. The molecule has 1 atom stereocenters. The smallest absolute Gasteiger partial charge is 0.242 e. The molecule has 0 radical (unpaired) electrons. The molecule has 0 spiro atoms. The Labute approximate surface area is 174 Å². The third-order valence-corrected chi connectivity index (χ3v) is 5.67. The van der Waals surface area contributed by atoms with Crippen LogP contribution in [0.1, 0.15) is 18.1 Å². The predicted octanol–water partition coefficient (Wildman–Crippen LogP) is 4.39. The van der Waals surface area contributed by atoms with Crippen LogP contribution in [0.3, 0.4) is 0 Å². The highest BCUT2D eigenvalue weighted by Gasteiger charge is 2.25. The number of nitrogens with zero attached hydrogens (tertiary/aromatic N) is 1. The quantitative estimate of drug-likeness (QED) is 0.683. The SMILES string of the molecule is CNC(=O)C(C)N(Cc1cccc(Cl)c1)C(=O)CSCc1ccccc1Cl. The Morgan fingerprint density at radius 2 is 1.89 bits per heavy atom. The van der Waals surface area contributed by atoms with E-state index in [1.54, 1.807) is 31.0 Å². The molecule has 4 nitrogen and oxygen atoms in total. The fraction of sp³-hybridized carbons (Fsp3) is 0.300. The molecular formula is C20H22Cl2N2O2S. The first kappa shape index (κ1) is 21.6. The number of nitrogens with one attached hydrogen (secondary N) is 1. The topological polar surface area (TPSA) is 49.4 Å². The minimum absolute atomic E-state index is 0.108. The van der Waals surface area contributed by atoms with Crippen molar-refractivity contribution in [3.8, 4) is 0 Å². The van der Waals surface area contributed by atoms with Gasteiger partial charge in [-0.25, -0.2) is 0 Å². The maximum Gasteiger partial charge on any atom is 0.242 e. The summed E-state index contributed by atoms with van der Waals surface area (Å²) in [6.45, 7) is 2.04. The van der Waals surface area contributed by atoms with E-state index in [9.17, 15) is 9.59 Å². The van der Waals surface area contributed by atoms with Crippen LogP contribution in [0, 0.1) is 0 Å². The summed E-state index contributed by atoms with van der Waals surface area (Å²) in [4.78, 5) is 26.5. The van der Waals surface area contributed by atoms with Crippen LogP contribution < -0.4 is 5.32 Å². The zero-order valence-electron chi connectivity index (χ0n) is 15.2. The molecule has 2 rings (SSSR count). The lowest BCUT2D eigenvalue weighted by Crippen LogP contribution is -2.47. The van der Waals surface area contributed by atoms with Gasteiger partial charge in [0.2, 0.25) is 11.8 Å². The average Bonchev–Trinajstić information content (AvgIpc) is 2.66. The summed E-state index contributed by atoms with van der Waals surface area (Å²) >= 11 is 13.7. The molecule has 0 heterocycles. The van der Waals surface area contributed by atoms with E-state index in [0.29, 0.717) is 22.3 Å². The molecule has 0 aliphatic rings. The van der Waals surface area contributed by atoms with Crippen LogP contribution in [0.4, 0.5) is 0 Å². The molecule has 2 aromatic carbocycles. The van der Waals surface area contributed by atoms with Gasteiger partial charge in [0.1, 0.15) is 6.04 Å². The van der Waals surface area contributed by atoms with E-state index in [-0.39, 0.29) is 17.6 Å². The second kappa shape index (κ2) is 10.6. The van der Waals surface area contributed by atoms with Crippen molar-refractivity contribution in [2.45, 2.75) is 25.3 Å². The summed E-state index contributed by atoms with van der Waals surface area (Å²) < 4.78 is 0. The first-order valence-corrected chi connectivity index (χ1v) is 10.4. The van der Waals surface area contributed by atoms with Gasteiger partial charge in [0.05, 0.1) is 5.75 Å². The Bertz CT molecular complexity index is 801. The van der Waals surface area contributed by atoms with Crippen molar-refractivity contribution in [2.24, 2.45) is 0 Å². The third-order valence-electron chi connectivity index (χ3n) is 4.10. The molecule has 0 fully saturated rings. The highest BCUT2D eigenvalue weighted by atomic mass is 35.5. The van der Waals surface area contributed by atoms with Crippen LogP contribution in [0.25, 0.3) is 0 Å². The zero-order valence-corrected chi connectivity index (χ0v) is 17.6. The second-order valence-corrected chi connectivity index (χ2v) is 7.86. The van der Waals surface area contributed by atoms with Crippen LogP contribution >= 0.6 is 35.0 Å². The number of hydrogen-bond donors (Lipinski definition) is 1. The predicted molar refractivity (Wildman–Crippen MR) is 113 cm³/mol. The van der Waals surface area contributed by atoms with E-state index < -0.39 is 6.04 Å². The van der Waals surface area contributed by atoms with Crippen molar-refractivity contribution in [2.75, 3.05) is 12.8 Å². The number of thioether (sulfide) groups is 1. The zero-order chi connectivity index (χ0) is 19.8. The van der Waals surface area contributed by atoms with Crippen molar-refractivity contribution in [1.82, 2.24) is 10.2 Å². The molecule has 0 aliphatic heterocycles. The molecule has 0 aromatic heterocycles. The minimum atomic E-state index is -0.581. The van der Waals surface area contributed by atoms with Crippen LogP contribution in [0.2, 0.25) is 10.0 Å². The van der Waals surface area contributed by atoms with Crippen LogP contribution in [0.5, 0.6) is 0 Å². The number of benzene rings is 2. The lowest BCUT2D eigenvalue weighted by Gasteiger charge is -2.28. The van der Waals surface area contributed by atoms with Gasteiger partial charge in [-0.2, -0.15) is 0 Å². The number of carbonyl (C=O) groups excluding carboxylic acids is 2. The highest BCUT2D eigenvalue weighted by Crippen LogP contribution is 2.22. The maximum absolute atomic E-state index is 12.8. The number of rotatable bonds is 8. The summed E-state index contributed by atoms with van der Waals surface area (Å²) in [7, 11) is 1.56. The Morgan fingerprint density at radius 1 is 1.15 bits per heavy atom. The number of carbonyl (C=O) groups is 2. The summed E-state index contributed by atoms with van der Waals surface area (Å²) in [6, 6.07) is 14.3. The molecule has 7 heteroatoms. The van der Waals surface area contributed by atoms with Gasteiger partial charge >= 0.3 is 0 Å². The Kier molecular flexibility index (Phi) is 8.48. The van der Waals surface area contributed by atoms with Crippen molar-refractivity contribution >= 4 is 46.8 Å². The molecule has 2 aromatic rings. The summed E-state index contributed by atoms with van der Waals surface area (Å²) in [6.07, 6.45) is 0. The Morgan fingerprint density at radius 3 is 2.56 bits per heavy atom. The molecule has 0 saturated heterocycles. The number of likely N-dealkylation sites (N-methyl/N-ethyl adjacent to an activating group) is 1. The minimum Gasteiger partial charge on any atom is -0.357 e. The van der Waals surface area contributed by atoms with Crippen molar-refractivity contribution in [3.05, 3.63) is 69.7 Å². The van der Waals surface area contributed by atoms with Gasteiger partial charge in [-0.15, -0.1) is 11.8 Å². The fourth-order valence-electron chi connectivity index (χ4n) is 2.57. The molecule has 1 unspecified atom stereocenters. The van der Waals surface area contributed by atoms with E-state index in [0.717, 1.165) is 11.1 Å². The highest BCUT2D eigenvalue weighted by molar-refractivity contribution is 7.99. The fourth-order valence-corrected chi connectivity index (χ4v) is 3.98. The largest absolute Gasteiger partial charge is 0.357 e. The van der Waals surface area contributed by atoms with Crippen molar-refractivity contribution < 1.29 is 9.59 Å². The molecule has 144 valence electrons. The summed E-state index contributed by atoms with van der Waals surface area (Å²) in [5.74, 6) is 0.572. The van der Waals surface area contributed by atoms with Crippen LogP contribution in [0.15, 0.2) is 48.5 Å². The number of amides is 2. The molecular weight excluding hydrogens is 403 g/mol. The molecule has 0 bridgehead atoms. The Hall–Kier alpha value is -1.69. The molecule has 1 N–H and O–H groups in total. The van der Waals surface area contributed by atoms with E-state index >= 15 is 0 Å². The summed E-state index contributed by atoms with van der Waals surface area (Å²) in [5.41, 5.74) is 1.86. The van der Waals surface area contributed by atoms with Gasteiger partial charge in [0, 0.05) is 29.4 Å². The van der Waals surface area contributed by atoms with Crippen LogP contribution in [-0.2, 0) is 21.9 Å². The van der Waals surface area contributed by atoms with E-state index in [1.807, 2.05) is 36.4 Å². The number of hydrogen-bond acceptors (Lipinski definition) is 3. The first-order chi connectivity index (χ1) is 12.9. The number of halogens is 2. The summed E-state index contributed by atoms with van der Waals surface area (Å²) in [5, 5.41) is 3.89. The van der Waals surface area contributed by atoms with E-state index in [2.05, 4.69) is 5.32 Å². The van der Waals surface area contributed by atoms with Gasteiger partial charge < -0.3 is 10.2 Å². The van der Waals surface area contributed by atoms with Crippen molar-refractivity contribution in [1.29, 1.82) is 0 Å². The van der Waals surface area contributed by atoms with Gasteiger partial charge in [0.15, 0.2) is 0 Å². The Balaban J connectivity index is 2.06. The van der Waals surface area contributed by atoms with Gasteiger partial charge in [-0.1, -0.05) is 53.5 Å². The molecule has 27 heavy (non-hydrogen) atoms. The second-order valence-electron chi connectivity index (χ2n) is 6.03. The van der Waals surface area contributed by atoms with Crippen LogP contribution in [-0.4, -0.2) is 35.6 Å².